The summed E-state index contributed by atoms with van der Waals surface area (Å²) < 4.78 is 4.90. The highest BCUT2D eigenvalue weighted by Gasteiger charge is 2.18. The van der Waals surface area contributed by atoms with Crippen molar-refractivity contribution < 1.29 is 0 Å². The maximum Gasteiger partial charge on any atom is 0.0715 e. The summed E-state index contributed by atoms with van der Waals surface area (Å²) in [5.41, 5.74) is 15.7. The first-order valence-electron chi connectivity index (χ1n) is 23.4. The summed E-state index contributed by atoms with van der Waals surface area (Å²) in [6, 6.07) is 90.7. The van der Waals surface area contributed by atoms with Crippen LogP contribution in [-0.4, -0.2) is 14.1 Å². The summed E-state index contributed by atoms with van der Waals surface area (Å²) >= 11 is 0. The van der Waals surface area contributed by atoms with Gasteiger partial charge in [-0.3, -0.25) is 0 Å². The SMILES string of the molecule is c1ccc(-c2cc(-c3cccc(-n4c5ccccc5c5ccc(-c6ccc7c8ccccc8n(-c8ccc9c%10ccccc%10c%10ccccc%10c9c8)c7c6)cc54)c3)cc(-c3ccccc3)n2)cc1. The second-order valence-corrected chi connectivity index (χ2v) is 17.9. The van der Waals surface area contributed by atoms with Crippen LogP contribution in [0.2, 0.25) is 0 Å². The number of hydrogen-bond acceptors (Lipinski definition) is 1. The van der Waals surface area contributed by atoms with Gasteiger partial charge in [-0.25, -0.2) is 4.98 Å². The second-order valence-electron chi connectivity index (χ2n) is 17.9. The first-order valence-corrected chi connectivity index (χ1v) is 23.4. The Bertz CT molecular complexity index is 4220. The van der Waals surface area contributed by atoms with Crippen LogP contribution in [-0.2, 0) is 0 Å². The summed E-state index contributed by atoms with van der Waals surface area (Å²) in [6.07, 6.45) is 0. The molecule has 0 aliphatic heterocycles. The van der Waals surface area contributed by atoms with E-state index in [2.05, 4.69) is 258 Å². The van der Waals surface area contributed by atoms with Crippen molar-refractivity contribution >= 4 is 75.9 Å². The van der Waals surface area contributed by atoms with Gasteiger partial charge in [-0.2, -0.15) is 0 Å². The molecule has 0 radical (unpaired) electrons. The van der Waals surface area contributed by atoms with E-state index in [1.807, 2.05) is 0 Å². The van der Waals surface area contributed by atoms with Crippen molar-refractivity contribution in [3.05, 3.63) is 249 Å². The van der Waals surface area contributed by atoms with Crippen LogP contribution in [0, 0.1) is 0 Å². The van der Waals surface area contributed by atoms with Crippen molar-refractivity contribution in [2.75, 3.05) is 0 Å². The van der Waals surface area contributed by atoms with Gasteiger partial charge in [-0.15, -0.1) is 0 Å². The zero-order valence-corrected chi connectivity index (χ0v) is 37.0. The summed E-state index contributed by atoms with van der Waals surface area (Å²) in [4.78, 5) is 5.17. The molecule has 11 aromatic carbocycles. The van der Waals surface area contributed by atoms with Gasteiger partial charge in [0.1, 0.15) is 0 Å². The van der Waals surface area contributed by atoms with Crippen LogP contribution in [0.1, 0.15) is 0 Å². The molecule has 3 heterocycles. The van der Waals surface area contributed by atoms with Gasteiger partial charge in [0.15, 0.2) is 0 Å². The molecule has 0 fully saturated rings. The van der Waals surface area contributed by atoms with Gasteiger partial charge in [-0.05, 0) is 115 Å². The number of rotatable bonds is 6. The molecular weight excluding hydrogens is 823 g/mol. The Kier molecular flexibility index (Phi) is 8.59. The Morgan fingerprint density at radius 2 is 0.588 bits per heavy atom. The number of pyridine rings is 1. The molecule has 0 saturated carbocycles. The zero-order chi connectivity index (χ0) is 44.7. The molecule has 68 heavy (non-hydrogen) atoms. The summed E-state index contributed by atoms with van der Waals surface area (Å²) in [6.45, 7) is 0. The van der Waals surface area contributed by atoms with E-state index < -0.39 is 0 Å². The fraction of sp³-hybridized carbons (Fsp3) is 0. The van der Waals surface area contributed by atoms with Crippen molar-refractivity contribution in [1.82, 2.24) is 14.1 Å². The minimum Gasteiger partial charge on any atom is -0.309 e. The molecule has 0 aliphatic carbocycles. The monoisotopic (exact) mass is 863 g/mol. The molecule has 0 unspecified atom stereocenters. The lowest BCUT2D eigenvalue weighted by atomic mass is 9.94. The largest absolute Gasteiger partial charge is 0.309 e. The van der Waals surface area contributed by atoms with Crippen LogP contribution in [0.15, 0.2) is 249 Å². The average molecular weight is 864 g/mol. The van der Waals surface area contributed by atoms with E-state index in [0.717, 1.165) is 45.0 Å². The number of hydrogen-bond donors (Lipinski definition) is 0. The number of fused-ring (bicyclic) bond motifs is 12. The maximum absolute atomic E-state index is 5.17. The van der Waals surface area contributed by atoms with Gasteiger partial charge < -0.3 is 9.13 Å². The van der Waals surface area contributed by atoms with E-state index in [4.69, 9.17) is 4.98 Å². The molecule has 14 rings (SSSR count). The second kappa shape index (κ2) is 15.3. The van der Waals surface area contributed by atoms with Crippen LogP contribution in [0.4, 0.5) is 0 Å². The first kappa shape index (κ1) is 38.2. The molecule has 0 aliphatic rings. The highest BCUT2D eigenvalue weighted by molar-refractivity contribution is 6.25. The Labute approximate surface area is 393 Å². The molecule has 0 spiro atoms. The lowest BCUT2D eigenvalue weighted by Crippen LogP contribution is -1.96. The number of aromatic nitrogens is 3. The van der Waals surface area contributed by atoms with Crippen LogP contribution < -0.4 is 0 Å². The Hall–Kier alpha value is -9.05. The standard InChI is InChI=1S/C65H41N3/c1-3-16-42(17-4-1)60-37-47(38-61(66-60)43-18-5-2-6-19-43)44-20-15-21-48(36-44)67-62-28-13-11-26-55(62)57-33-30-45(39-64(57)67)46-31-34-58-56-27-12-14-29-63(56)68(65(58)40-46)49-32-35-54-52-24-8-7-22-50(52)51-23-9-10-25-53(51)59(54)41-49/h1-41H. The molecule has 3 nitrogen and oxygen atoms in total. The summed E-state index contributed by atoms with van der Waals surface area (Å²) in [5.74, 6) is 0. The van der Waals surface area contributed by atoms with E-state index >= 15 is 0 Å². The first-order chi connectivity index (χ1) is 33.7. The lowest BCUT2D eigenvalue weighted by molar-refractivity contribution is 1.18. The predicted octanol–water partition coefficient (Wildman–Crippen LogP) is 17.4. The van der Waals surface area contributed by atoms with Crippen LogP contribution in [0.3, 0.4) is 0 Å². The molecular formula is C65H41N3. The molecule has 3 heteroatoms. The van der Waals surface area contributed by atoms with Crippen LogP contribution in [0.5, 0.6) is 0 Å². The molecule has 0 saturated heterocycles. The normalized spacial score (nSPS) is 11.8. The van der Waals surface area contributed by atoms with Gasteiger partial charge in [-0.1, -0.05) is 188 Å². The summed E-state index contributed by atoms with van der Waals surface area (Å²) in [7, 11) is 0. The quantitative estimate of drug-likeness (QED) is 0.153. The fourth-order valence-electron chi connectivity index (χ4n) is 10.9. The molecule has 3 aromatic heterocycles. The van der Waals surface area contributed by atoms with Crippen molar-refractivity contribution in [3.8, 4) is 56.1 Å². The van der Waals surface area contributed by atoms with E-state index in [1.54, 1.807) is 0 Å². The molecule has 316 valence electrons. The van der Waals surface area contributed by atoms with Gasteiger partial charge in [0.25, 0.3) is 0 Å². The third-order valence-electron chi connectivity index (χ3n) is 14.1. The van der Waals surface area contributed by atoms with E-state index in [-0.39, 0.29) is 0 Å². The summed E-state index contributed by atoms with van der Waals surface area (Å²) in [5, 5.41) is 12.6. The van der Waals surface area contributed by atoms with Gasteiger partial charge in [0, 0.05) is 44.0 Å². The Morgan fingerprint density at radius 1 is 0.206 bits per heavy atom. The van der Waals surface area contributed by atoms with E-state index in [1.165, 1.54) is 87.1 Å². The third-order valence-corrected chi connectivity index (χ3v) is 14.1. The third kappa shape index (κ3) is 6.03. The van der Waals surface area contributed by atoms with Crippen molar-refractivity contribution in [3.63, 3.8) is 0 Å². The Morgan fingerprint density at radius 3 is 1.12 bits per heavy atom. The van der Waals surface area contributed by atoms with E-state index in [0.29, 0.717) is 0 Å². The molecule has 14 aromatic rings. The number of para-hydroxylation sites is 2. The molecule has 0 amide bonds. The van der Waals surface area contributed by atoms with Crippen molar-refractivity contribution in [2.45, 2.75) is 0 Å². The fourth-order valence-corrected chi connectivity index (χ4v) is 10.9. The minimum atomic E-state index is 0.951. The van der Waals surface area contributed by atoms with Crippen molar-refractivity contribution in [2.24, 2.45) is 0 Å². The highest BCUT2D eigenvalue weighted by atomic mass is 15.0. The lowest BCUT2D eigenvalue weighted by Gasteiger charge is -2.14. The molecule has 0 bridgehead atoms. The average Bonchev–Trinajstić information content (AvgIpc) is 3.93. The van der Waals surface area contributed by atoms with Crippen LogP contribution >= 0.6 is 0 Å². The van der Waals surface area contributed by atoms with Gasteiger partial charge in [0.05, 0.1) is 33.5 Å². The predicted molar refractivity (Wildman–Crippen MR) is 287 cm³/mol. The van der Waals surface area contributed by atoms with Crippen molar-refractivity contribution in [1.29, 1.82) is 0 Å². The Balaban J connectivity index is 0.936. The zero-order valence-electron chi connectivity index (χ0n) is 37.0. The maximum atomic E-state index is 5.17. The topological polar surface area (TPSA) is 22.8 Å². The van der Waals surface area contributed by atoms with E-state index in [9.17, 15) is 0 Å². The molecule has 0 N–H and O–H groups in total. The van der Waals surface area contributed by atoms with Gasteiger partial charge >= 0.3 is 0 Å². The smallest absolute Gasteiger partial charge is 0.0715 e. The number of benzene rings is 11. The minimum absolute atomic E-state index is 0.951. The van der Waals surface area contributed by atoms with Crippen LogP contribution in [0.25, 0.3) is 132 Å². The van der Waals surface area contributed by atoms with Gasteiger partial charge in [0.2, 0.25) is 0 Å². The molecule has 0 atom stereocenters. The number of nitrogens with zero attached hydrogens (tertiary/aromatic N) is 3. The highest BCUT2D eigenvalue weighted by Crippen LogP contribution is 2.41.